The Morgan fingerprint density at radius 1 is 1.10 bits per heavy atom. The van der Waals surface area contributed by atoms with Gasteiger partial charge in [0.15, 0.2) is 5.69 Å². The minimum absolute atomic E-state index is 0.0156. The van der Waals surface area contributed by atoms with Gasteiger partial charge >= 0.3 is 0 Å². The van der Waals surface area contributed by atoms with Crippen molar-refractivity contribution in [3.63, 3.8) is 0 Å². The predicted molar refractivity (Wildman–Crippen MR) is 123 cm³/mol. The van der Waals surface area contributed by atoms with Crippen LogP contribution >= 0.6 is 0 Å². The third-order valence-corrected chi connectivity index (χ3v) is 4.78. The number of azo groups is 1. The summed E-state index contributed by atoms with van der Waals surface area (Å²) in [6.07, 6.45) is 3.94. The Morgan fingerprint density at radius 2 is 1.74 bits per heavy atom. The van der Waals surface area contributed by atoms with Gasteiger partial charge in [0.05, 0.1) is 11.4 Å². The van der Waals surface area contributed by atoms with Gasteiger partial charge in [0, 0.05) is 38.8 Å². The standard InChI is InChI=1S/C22H32N6O3/c1-5-7-12-27(13-8-6-2)21(30)16-10-9-11-17(14-16)24-25-20-18(23)15-19(29)28(22(20)31)26(3)4/h9-11,14-15,31H,5-8,12-13,23H2,1-4H3. The normalized spacial score (nSPS) is 11.1. The van der Waals surface area contributed by atoms with E-state index >= 15 is 0 Å². The van der Waals surface area contributed by atoms with Crippen LogP contribution < -0.4 is 16.3 Å². The molecule has 0 saturated carbocycles. The Balaban J connectivity index is 2.32. The average Bonchev–Trinajstić information content (AvgIpc) is 2.73. The lowest BCUT2D eigenvalue weighted by atomic mass is 10.1. The van der Waals surface area contributed by atoms with Crippen molar-refractivity contribution in [3.8, 4) is 5.88 Å². The summed E-state index contributed by atoms with van der Waals surface area (Å²) in [4.78, 5) is 26.9. The molecule has 9 heteroatoms. The number of benzene rings is 1. The summed E-state index contributed by atoms with van der Waals surface area (Å²) in [6, 6.07) is 8.03. The van der Waals surface area contributed by atoms with Gasteiger partial charge in [0.2, 0.25) is 5.88 Å². The fourth-order valence-corrected chi connectivity index (χ4v) is 3.09. The number of hydrogen-bond acceptors (Lipinski definition) is 7. The molecule has 168 valence electrons. The zero-order valence-electron chi connectivity index (χ0n) is 18.7. The molecule has 0 atom stereocenters. The number of aromatic nitrogens is 1. The van der Waals surface area contributed by atoms with Crippen LogP contribution in [0.4, 0.5) is 17.1 Å². The number of aromatic hydroxyl groups is 1. The van der Waals surface area contributed by atoms with Crippen molar-refractivity contribution in [3.05, 3.63) is 46.2 Å². The first-order valence-electron chi connectivity index (χ1n) is 10.5. The lowest BCUT2D eigenvalue weighted by Crippen LogP contribution is -2.35. The highest BCUT2D eigenvalue weighted by atomic mass is 16.3. The molecule has 0 bridgehead atoms. The molecule has 9 nitrogen and oxygen atoms in total. The summed E-state index contributed by atoms with van der Waals surface area (Å²) >= 11 is 0. The molecule has 1 heterocycles. The Hall–Kier alpha value is -3.36. The summed E-state index contributed by atoms with van der Waals surface area (Å²) < 4.78 is 1.03. The highest BCUT2D eigenvalue weighted by Gasteiger charge is 2.16. The van der Waals surface area contributed by atoms with Crippen LogP contribution in [-0.2, 0) is 0 Å². The Bertz CT molecular complexity index is 976. The largest absolute Gasteiger partial charge is 0.492 e. The van der Waals surface area contributed by atoms with Gasteiger partial charge in [-0.15, -0.1) is 5.11 Å². The van der Waals surface area contributed by atoms with E-state index in [1.165, 1.54) is 11.1 Å². The molecule has 1 aromatic heterocycles. The molecular formula is C22H32N6O3. The molecule has 1 aromatic carbocycles. The molecule has 0 unspecified atom stereocenters. The van der Waals surface area contributed by atoms with Gasteiger partial charge in [0.25, 0.3) is 11.5 Å². The number of nitrogens with two attached hydrogens (primary N) is 1. The van der Waals surface area contributed by atoms with Crippen molar-refractivity contribution in [2.45, 2.75) is 39.5 Å². The van der Waals surface area contributed by atoms with E-state index in [0.717, 1.165) is 43.4 Å². The topological polar surface area (TPSA) is 117 Å². The number of anilines is 1. The number of pyridine rings is 1. The van der Waals surface area contributed by atoms with E-state index in [0.29, 0.717) is 11.3 Å². The minimum atomic E-state index is -0.481. The molecule has 2 aromatic rings. The van der Waals surface area contributed by atoms with Crippen LogP contribution in [0.15, 0.2) is 45.4 Å². The maximum absolute atomic E-state index is 13.0. The maximum atomic E-state index is 13.0. The molecule has 0 aliphatic carbocycles. The lowest BCUT2D eigenvalue weighted by molar-refractivity contribution is 0.0751. The van der Waals surface area contributed by atoms with Crippen molar-refractivity contribution in [2.24, 2.45) is 10.2 Å². The molecule has 1 amide bonds. The van der Waals surface area contributed by atoms with Gasteiger partial charge < -0.3 is 20.7 Å². The van der Waals surface area contributed by atoms with Crippen molar-refractivity contribution < 1.29 is 9.90 Å². The fourth-order valence-electron chi connectivity index (χ4n) is 3.09. The SMILES string of the molecule is CCCCN(CCCC)C(=O)c1cccc(N=Nc2c(N)cc(=O)n(N(C)C)c2O)c1. The third-order valence-electron chi connectivity index (χ3n) is 4.78. The molecule has 0 fully saturated rings. The monoisotopic (exact) mass is 428 g/mol. The van der Waals surface area contributed by atoms with Gasteiger partial charge in [-0.2, -0.15) is 9.79 Å². The van der Waals surface area contributed by atoms with Gasteiger partial charge in [0.1, 0.15) is 0 Å². The van der Waals surface area contributed by atoms with E-state index < -0.39 is 11.4 Å². The summed E-state index contributed by atoms with van der Waals surface area (Å²) in [6.45, 7) is 5.64. The minimum Gasteiger partial charge on any atom is -0.492 e. The first kappa shape index (κ1) is 23.9. The molecular weight excluding hydrogens is 396 g/mol. The first-order chi connectivity index (χ1) is 14.8. The molecule has 0 saturated heterocycles. The number of amides is 1. The quantitative estimate of drug-likeness (QED) is 0.559. The van der Waals surface area contributed by atoms with Crippen LogP contribution in [0.25, 0.3) is 0 Å². The second-order valence-corrected chi connectivity index (χ2v) is 7.52. The number of carbonyl (C=O) groups excluding carboxylic acids is 1. The molecule has 0 spiro atoms. The highest BCUT2D eigenvalue weighted by molar-refractivity contribution is 5.95. The maximum Gasteiger partial charge on any atom is 0.274 e. The van der Waals surface area contributed by atoms with E-state index in [1.807, 2.05) is 4.90 Å². The van der Waals surface area contributed by atoms with E-state index in [9.17, 15) is 14.7 Å². The molecule has 31 heavy (non-hydrogen) atoms. The zero-order valence-corrected chi connectivity index (χ0v) is 18.7. The van der Waals surface area contributed by atoms with Crippen molar-refractivity contribution in [1.29, 1.82) is 0 Å². The Morgan fingerprint density at radius 3 is 2.32 bits per heavy atom. The van der Waals surface area contributed by atoms with Crippen LogP contribution in [0.5, 0.6) is 5.88 Å². The van der Waals surface area contributed by atoms with Gasteiger partial charge in [-0.3, -0.25) is 9.59 Å². The molecule has 2 rings (SSSR count). The van der Waals surface area contributed by atoms with E-state index in [4.69, 9.17) is 5.73 Å². The highest BCUT2D eigenvalue weighted by Crippen LogP contribution is 2.32. The fraction of sp³-hybridized carbons (Fsp3) is 0.455. The van der Waals surface area contributed by atoms with Crippen LogP contribution in [0.1, 0.15) is 49.9 Å². The summed E-state index contributed by atoms with van der Waals surface area (Å²) in [5.74, 6) is -0.446. The van der Waals surface area contributed by atoms with Gasteiger partial charge in [-0.1, -0.05) is 32.8 Å². The number of carbonyl (C=O) groups is 1. The van der Waals surface area contributed by atoms with E-state index in [1.54, 1.807) is 38.4 Å². The van der Waals surface area contributed by atoms with E-state index in [-0.39, 0.29) is 17.3 Å². The number of rotatable bonds is 10. The van der Waals surface area contributed by atoms with E-state index in [2.05, 4.69) is 24.1 Å². The molecule has 0 aliphatic rings. The average molecular weight is 429 g/mol. The Labute approximate surface area is 182 Å². The third kappa shape index (κ3) is 6.07. The second kappa shape index (κ2) is 11.1. The van der Waals surface area contributed by atoms with Crippen LogP contribution in [0.2, 0.25) is 0 Å². The number of unbranched alkanes of at least 4 members (excludes halogenated alkanes) is 2. The number of nitrogen functional groups attached to an aromatic ring is 1. The smallest absolute Gasteiger partial charge is 0.274 e. The van der Waals surface area contributed by atoms with Crippen LogP contribution in [0.3, 0.4) is 0 Å². The zero-order chi connectivity index (χ0) is 23.0. The second-order valence-electron chi connectivity index (χ2n) is 7.52. The molecule has 0 radical (unpaired) electrons. The lowest BCUT2D eigenvalue weighted by Gasteiger charge is -2.22. The summed E-state index contributed by atoms with van der Waals surface area (Å²) in [7, 11) is 3.21. The van der Waals surface area contributed by atoms with Crippen molar-refractivity contribution in [2.75, 3.05) is 37.9 Å². The van der Waals surface area contributed by atoms with Gasteiger partial charge in [-0.05, 0) is 31.0 Å². The van der Waals surface area contributed by atoms with Crippen molar-refractivity contribution >= 4 is 23.0 Å². The summed E-state index contributed by atoms with van der Waals surface area (Å²) in [5, 5.41) is 20.0. The van der Waals surface area contributed by atoms with Gasteiger partial charge in [-0.25, -0.2) is 0 Å². The molecule has 3 N–H and O–H groups in total. The molecule has 0 aliphatic heterocycles. The first-order valence-corrected chi connectivity index (χ1v) is 10.5. The predicted octanol–water partition coefficient (Wildman–Crippen LogP) is 3.79. The van der Waals surface area contributed by atoms with Crippen molar-refractivity contribution in [1.82, 2.24) is 9.58 Å². The summed E-state index contributed by atoms with van der Waals surface area (Å²) in [5.41, 5.74) is 6.35. The van der Waals surface area contributed by atoms with Crippen LogP contribution in [-0.4, -0.2) is 47.8 Å². The number of hydrogen-bond donors (Lipinski definition) is 2. The van der Waals surface area contributed by atoms with Crippen LogP contribution in [0, 0.1) is 0 Å². The Kier molecular flexibility index (Phi) is 8.60. The number of nitrogens with zero attached hydrogens (tertiary/aromatic N) is 5.